The van der Waals surface area contributed by atoms with Crippen molar-refractivity contribution in [1.29, 1.82) is 0 Å². The SMILES string of the molecule is CCNc1cc(COCCC(C)(C)OC)ccc1[N+](=O)[O-]. The summed E-state index contributed by atoms with van der Waals surface area (Å²) in [4.78, 5) is 10.5. The van der Waals surface area contributed by atoms with E-state index in [0.717, 1.165) is 12.0 Å². The predicted octanol–water partition coefficient (Wildman–Crippen LogP) is 3.36. The monoisotopic (exact) mass is 296 g/mol. The molecule has 0 heterocycles. The van der Waals surface area contributed by atoms with Crippen LogP contribution in [0.1, 0.15) is 32.8 Å². The van der Waals surface area contributed by atoms with E-state index in [1.807, 2.05) is 20.8 Å². The normalized spacial score (nSPS) is 11.4. The van der Waals surface area contributed by atoms with Gasteiger partial charge in [-0.15, -0.1) is 0 Å². The van der Waals surface area contributed by atoms with Crippen molar-refractivity contribution in [2.45, 2.75) is 39.4 Å². The highest BCUT2D eigenvalue weighted by Gasteiger charge is 2.16. The molecule has 0 spiro atoms. The van der Waals surface area contributed by atoms with Crippen LogP contribution in [0.15, 0.2) is 18.2 Å². The number of nitro groups is 1. The first-order chi connectivity index (χ1) is 9.89. The Kier molecular flexibility index (Phi) is 6.58. The number of nitrogens with zero attached hydrogens (tertiary/aromatic N) is 1. The summed E-state index contributed by atoms with van der Waals surface area (Å²) in [5.74, 6) is 0. The molecule has 0 saturated carbocycles. The van der Waals surface area contributed by atoms with E-state index in [2.05, 4.69) is 5.32 Å². The van der Waals surface area contributed by atoms with E-state index in [1.165, 1.54) is 6.07 Å². The molecule has 1 aromatic rings. The summed E-state index contributed by atoms with van der Waals surface area (Å²) >= 11 is 0. The van der Waals surface area contributed by atoms with Crippen LogP contribution in [-0.2, 0) is 16.1 Å². The van der Waals surface area contributed by atoms with Crippen molar-refractivity contribution in [2.75, 3.05) is 25.6 Å². The van der Waals surface area contributed by atoms with Gasteiger partial charge in [-0.05, 0) is 44.9 Å². The maximum Gasteiger partial charge on any atom is 0.292 e. The van der Waals surface area contributed by atoms with Gasteiger partial charge in [-0.1, -0.05) is 0 Å². The molecule has 0 aliphatic heterocycles. The second-order valence-electron chi connectivity index (χ2n) is 5.41. The Morgan fingerprint density at radius 1 is 1.38 bits per heavy atom. The molecule has 0 bridgehead atoms. The number of methoxy groups -OCH3 is 1. The first-order valence-electron chi connectivity index (χ1n) is 7.03. The van der Waals surface area contributed by atoms with Gasteiger partial charge in [0, 0.05) is 26.3 Å². The fourth-order valence-electron chi connectivity index (χ4n) is 1.77. The summed E-state index contributed by atoms with van der Waals surface area (Å²) in [5, 5.41) is 13.9. The van der Waals surface area contributed by atoms with E-state index >= 15 is 0 Å². The smallest absolute Gasteiger partial charge is 0.292 e. The number of anilines is 1. The van der Waals surface area contributed by atoms with Crippen molar-refractivity contribution in [2.24, 2.45) is 0 Å². The third-order valence-electron chi connectivity index (χ3n) is 3.29. The summed E-state index contributed by atoms with van der Waals surface area (Å²) in [7, 11) is 1.68. The highest BCUT2D eigenvalue weighted by atomic mass is 16.6. The van der Waals surface area contributed by atoms with E-state index in [0.29, 0.717) is 25.4 Å². The molecule has 1 aromatic carbocycles. The molecular weight excluding hydrogens is 272 g/mol. The molecular formula is C15H24N2O4. The summed E-state index contributed by atoms with van der Waals surface area (Å²) in [6.45, 7) is 7.55. The summed E-state index contributed by atoms with van der Waals surface area (Å²) < 4.78 is 10.9. The van der Waals surface area contributed by atoms with Crippen LogP contribution < -0.4 is 5.32 Å². The fourth-order valence-corrected chi connectivity index (χ4v) is 1.77. The standard InChI is InChI=1S/C15H24N2O4/c1-5-16-13-10-12(6-7-14(13)17(18)19)11-21-9-8-15(2,3)20-4/h6-7,10,16H,5,8-9,11H2,1-4H3. The van der Waals surface area contributed by atoms with Crippen LogP contribution in [0.4, 0.5) is 11.4 Å². The Labute approximate surface area is 125 Å². The van der Waals surface area contributed by atoms with Crippen LogP contribution in [-0.4, -0.2) is 30.8 Å². The zero-order valence-corrected chi connectivity index (χ0v) is 13.1. The van der Waals surface area contributed by atoms with Crippen LogP contribution >= 0.6 is 0 Å². The molecule has 118 valence electrons. The quantitative estimate of drug-likeness (QED) is 0.430. The molecule has 1 N–H and O–H groups in total. The lowest BCUT2D eigenvalue weighted by atomic mass is 10.1. The van der Waals surface area contributed by atoms with Gasteiger partial charge in [-0.3, -0.25) is 10.1 Å². The lowest BCUT2D eigenvalue weighted by Gasteiger charge is -2.22. The predicted molar refractivity (Wildman–Crippen MR) is 82.6 cm³/mol. The summed E-state index contributed by atoms with van der Waals surface area (Å²) in [6.07, 6.45) is 0.788. The van der Waals surface area contributed by atoms with Crippen LogP contribution in [0, 0.1) is 10.1 Å². The van der Waals surface area contributed by atoms with E-state index < -0.39 is 0 Å². The molecule has 0 aliphatic carbocycles. The average molecular weight is 296 g/mol. The molecule has 0 radical (unpaired) electrons. The van der Waals surface area contributed by atoms with Crippen LogP contribution in [0.2, 0.25) is 0 Å². The maximum absolute atomic E-state index is 10.9. The van der Waals surface area contributed by atoms with Gasteiger partial charge in [0.2, 0.25) is 0 Å². The van der Waals surface area contributed by atoms with Crippen molar-refractivity contribution in [3.05, 3.63) is 33.9 Å². The molecule has 0 atom stereocenters. The highest BCUT2D eigenvalue weighted by Crippen LogP contribution is 2.25. The fraction of sp³-hybridized carbons (Fsp3) is 0.600. The topological polar surface area (TPSA) is 73.6 Å². The number of nitrogens with one attached hydrogen (secondary N) is 1. The third-order valence-corrected chi connectivity index (χ3v) is 3.29. The number of benzene rings is 1. The minimum atomic E-state index is -0.385. The minimum absolute atomic E-state index is 0.0844. The van der Waals surface area contributed by atoms with Gasteiger partial charge in [0.1, 0.15) is 5.69 Å². The van der Waals surface area contributed by atoms with E-state index in [4.69, 9.17) is 9.47 Å². The van der Waals surface area contributed by atoms with Crippen molar-refractivity contribution >= 4 is 11.4 Å². The molecule has 0 saturated heterocycles. The average Bonchev–Trinajstić information content (AvgIpc) is 2.44. The molecule has 0 unspecified atom stereocenters. The molecule has 6 heteroatoms. The van der Waals surface area contributed by atoms with Crippen molar-refractivity contribution in [3.8, 4) is 0 Å². The zero-order chi connectivity index (χ0) is 15.9. The second kappa shape index (κ2) is 7.95. The van der Waals surface area contributed by atoms with Gasteiger partial charge in [0.05, 0.1) is 17.1 Å². The molecule has 0 aliphatic rings. The third kappa shape index (κ3) is 5.69. The molecule has 0 fully saturated rings. The zero-order valence-electron chi connectivity index (χ0n) is 13.1. The summed E-state index contributed by atoms with van der Waals surface area (Å²) in [5.41, 5.74) is 1.32. The molecule has 0 amide bonds. The van der Waals surface area contributed by atoms with Gasteiger partial charge in [0.15, 0.2) is 0 Å². The lowest BCUT2D eigenvalue weighted by Crippen LogP contribution is -2.24. The second-order valence-corrected chi connectivity index (χ2v) is 5.41. The lowest BCUT2D eigenvalue weighted by molar-refractivity contribution is -0.384. The van der Waals surface area contributed by atoms with Crippen molar-refractivity contribution in [1.82, 2.24) is 0 Å². The van der Waals surface area contributed by atoms with Crippen molar-refractivity contribution in [3.63, 3.8) is 0 Å². The minimum Gasteiger partial charge on any atom is -0.380 e. The number of rotatable bonds is 9. The first kappa shape index (κ1) is 17.4. The number of nitro benzene ring substituents is 1. The maximum atomic E-state index is 10.9. The van der Waals surface area contributed by atoms with Gasteiger partial charge in [0.25, 0.3) is 5.69 Å². The molecule has 0 aromatic heterocycles. The van der Waals surface area contributed by atoms with Crippen molar-refractivity contribution < 1.29 is 14.4 Å². The Bertz CT molecular complexity index is 475. The van der Waals surface area contributed by atoms with E-state index in [1.54, 1.807) is 19.2 Å². The van der Waals surface area contributed by atoms with Gasteiger partial charge < -0.3 is 14.8 Å². The van der Waals surface area contributed by atoms with Crippen LogP contribution in [0.3, 0.4) is 0 Å². The molecule has 6 nitrogen and oxygen atoms in total. The Hall–Kier alpha value is -1.66. The molecule has 21 heavy (non-hydrogen) atoms. The Balaban J connectivity index is 2.60. The van der Waals surface area contributed by atoms with Crippen LogP contribution in [0.25, 0.3) is 0 Å². The van der Waals surface area contributed by atoms with Gasteiger partial charge in [-0.25, -0.2) is 0 Å². The van der Waals surface area contributed by atoms with E-state index in [-0.39, 0.29) is 16.2 Å². The largest absolute Gasteiger partial charge is 0.380 e. The first-order valence-corrected chi connectivity index (χ1v) is 7.03. The Morgan fingerprint density at radius 3 is 2.67 bits per heavy atom. The Morgan fingerprint density at radius 2 is 2.10 bits per heavy atom. The van der Waals surface area contributed by atoms with Crippen LogP contribution in [0.5, 0.6) is 0 Å². The van der Waals surface area contributed by atoms with E-state index in [9.17, 15) is 10.1 Å². The van der Waals surface area contributed by atoms with Gasteiger partial charge in [-0.2, -0.15) is 0 Å². The summed E-state index contributed by atoms with van der Waals surface area (Å²) in [6, 6.07) is 5.00. The highest BCUT2D eigenvalue weighted by molar-refractivity contribution is 5.62. The number of hydrogen-bond acceptors (Lipinski definition) is 5. The van der Waals surface area contributed by atoms with Gasteiger partial charge >= 0.3 is 0 Å². The molecule has 1 rings (SSSR count). The number of ether oxygens (including phenoxy) is 2. The number of hydrogen-bond donors (Lipinski definition) is 1.